The van der Waals surface area contributed by atoms with Crippen LogP contribution in [0.25, 0.3) is 0 Å². The van der Waals surface area contributed by atoms with E-state index in [4.69, 9.17) is 0 Å². The average molecular weight is 286 g/mol. The summed E-state index contributed by atoms with van der Waals surface area (Å²) >= 11 is 0. The van der Waals surface area contributed by atoms with Gasteiger partial charge in [0.2, 0.25) is 0 Å². The van der Waals surface area contributed by atoms with Gasteiger partial charge in [0.05, 0.1) is 10.1 Å². The van der Waals surface area contributed by atoms with Crippen LogP contribution >= 0.6 is 0 Å². The van der Waals surface area contributed by atoms with Gasteiger partial charge < -0.3 is 0 Å². The number of allylic oxidation sites excluding steroid dienone is 4. The molecule has 3 rings (SSSR count). The number of sulfone groups is 1. The van der Waals surface area contributed by atoms with Crippen molar-refractivity contribution in [2.75, 3.05) is 0 Å². The molecule has 0 radical (unpaired) electrons. The molecule has 0 amide bonds. The molecule has 3 heteroatoms. The van der Waals surface area contributed by atoms with Crippen molar-refractivity contribution >= 4 is 9.84 Å². The summed E-state index contributed by atoms with van der Waals surface area (Å²) < 4.78 is 25.8. The molecule has 0 heterocycles. The van der Waals surface area contributed by atoms with Crippen LogP contribution in [0.3, 0.4) is 0 Å². The third kappa shape index (κ3) is 2.06. The van der Waals surface area contributed by atoms with Crippen molar-refractivity contribution in [1.82, 2.24) is 0 Å². The minimum absolute atomic E-state index is 0.126. The number of fused-ring (bicyclic) bond motifs is 2. The summed E-state index contributed by atoms with van der Waals surface area (Å²) in [5, 5.41) is -0.389. The number of benzene rings is 1. The van der Waals surface area contributed by atoms with Crippen LogP contribution in [-0.4, -0.2) is 13.7 Å². The lowest BCUT2D eigenvalue weighted by atomic mass is 9.99. The fourth-order valence-electron chi connectivity index (χ4n) is 3.31. The third-order valence-corrected chi connectivity index (χ3v) is 6.41. The third-order valence-electron chi connectivity index (χ3n) is 4.19. The summed E-state index contributed by atoms with van der Waals surface area (Å²) in [7, 11) is -3.30. The van der Waals surface area contributed by atoms with E-state index >= 15 is 0 Å². The molecular weight excluding hydrogens is 268 g/mol. The normalized spacial score (nSPS) is 30.0. The van der Waals surface area contributed by atoms with Gasteiger partial charge in [-0.1, -0.05) is 42.5 Å². The van der Waals surface area contributed by atoms with Crippen molar-refractivity contribution in [3.63, 3.8) is 0 Å². The first kappa shape index (κ1) is 13.4. The van der Waals surface area contributed by atoms with Crippen LogP contribution in [0.5, 0.6) is 0 Å². The van der Waals surface area contributed by atoms with Crippen molar-refractivity contribution in [1.29, 1.82) is 0 Å². The Bertz CT molecular complexity index is 668. The van der Waals surface area contributed by atoms with E-state index < -0.39 is 9.84 Å². The number of hydrogen-bond donors (Lipinski definition) is 0. The van der Waals surface area contributed by atoms with E-state index in [1.165, 1.54) is 0 Å². The summed E-state index contributed by atoms with van der Waals surface area (Å²) in [6.45, 7) is 3.72. The van der Waals surface area contributed by atoms with E-state index in [-0.39, 0.29) is 11.2 Å². The van der Waals surface area contributed by atoms with Crippen molar-refractivity contribution in [2.24, 2.45) is 11.8 Å². The van der Waals surface area contributed by atoms with Gasteiger partial charge in [0.25, 0.3) is 0 Å². The summed E-state index contributed by atoms with van der Waals surface area (Å²) in [6, 6.07) is 8.78. The van der Waals surface area contributed by atoms with Crippen molar-refractivity contribution in [3.05, 3.63) is 66.8 Å². The van der Waals surface area contributed by atoms with Gasteiger partial charge in [-0.2, -0.15) is 0 Å². The highest BCUT2D eigenvalue weighted by atomic mass is 32.2. The molecule has 2 bridgehead atoms. The second-order valence-corrected chi connectivity index (χ2v) is 7.47. The minimum atomic E-state index is -3.30. The van der Waals surface area contributed by atoms with Crippen molar-refractivity contribution < 1.29 is 8.42 Å². The summed E-state index contributed by atoms with van der Waals surface area (Å²) in [5.41, 5.74) is 1.06. The minimum Gasteiger partial charge on any atom is -0.223 e. The van der Waals surface area contributed by atoms with E-state index in [0.717, 1.165) is 18.4 Å². The fraction of sp³-hybridized carbons (Fsp3) is 0.294. The van der Waals surface area contributed by atoms with Gasteiger partial charge in [-0.15, -0.1) is 6.58 Å². The molecule has 0 aliphatic heterocycles. The first-order valence-corrected chi connectivity index (χ1v) is 8.47. The standard InChI is InChI=1S/C17H18O2S/c1-2-3-9-16-13-10-11-14(12-13)17(16)20(18,19)15-7-5-4-6-8-15/h2,4-11,13-14,17H,1,3,12H2/b16-9+. The summed E-state index contributed by atoms with van der Waals surface area (Å²) in [6.07, 6.45) is 9.74. The Morgan fingerprint density at radius 2 is 1.95 bits per heavy atom. The molecule has 3 unspecified atom stereocenters. The Morgan fingerprint density at radius 1 is 1.20 bits per heavy atom. The lowest BCUT2D eigenvalue weighted by Crippen LogP contribution is -2.27. The molecule has 1 aromatic rings. The van der Waals surface area contributed by atoms with Crippen molar-refractivity contribution in [3.8, 4) is 0 Å². The molecule has 0 spiro atoms. The molecule has 1 fully saturated rings. The SMILES string of the molecule is C=CC/C=C1\C2C=CC(C2)C1S(=O)(=O)c1ccccc1. The summed E-state index contributed by atoms with van der Waals surface area (Å²) in [5.74, 6) is 0.421. The zero-order valence-electron chi connectivity index (χ0n) is 11.3. The highest BCUT2D eigenvalue weighted by Crippen LogP contribution is 2.48. The average Bonchev–Trinajstić information content (AvgIpc) is 3.06. The van der Waals surface area contributed by atoms with Gasteiger partial charge in [0.1, 0.15) is 0 Å². The van der Waals surface area contributed by atoms with E-state index in [0.29, 0.717) is 10.8 Å². The Labute approximate surface area is 120 Å². The van der Waals surface area contributed by atoms with Gasteiger partial charge >= 0.3 is 0 Å². The topological polar surface area (TPSA) is 34.1 Å². The molecule has 2 nitrogen and oxygen atoms in total. The monoisotopic (exact) mass is 286 g/mol. The first-order chi connectivity index (χ1) is 9.64. The first-order valence-electron chi connectivity index (χ1n) is 6.92. The van der Waals surface area contributed by atoms with E-state index in [1.54, 1.807) is 24.3 Å². The molecule has 0 saturated heterocycles. The zero-order chi connectivity index (χ0) is 14.2. The highest BCUT2D eigenvalue weighted by Gasteiger charge is 2.47. The van der Waals surface area contributed by atoms with Gasteiger partial charge in [0.15, 0.2) is 9.84 Å². The molecule has 20 heavy (non-hydrogen) atoms. The van der Waals surface area contributed by atoms with Crippen LogP contribution in [0.2, 0.25) is 0 Å². The molecule has 2 aliphatic carbocycles. The predicted molar refractivity (Wildman–Crippen MR) is 81.0 cm³/mol. The largest absolute Gasteiger partial charge is 0.223 e. The van der Waals surface area contributed by atoms with Crippen LogP contribution in [0.1, 0.15) is 12.8 Å². The van der Waals surface area contributed by atoms with Crippen LogP contribution in [0.4, 0.5) is 0 Å². The maximum atomic E-state index is 12.9. The van der Waals surface area contributed by atoms with Crippen LogP contribution in [0, 0.1) is 11.8 Å². The molecule has 1 aromatic carbocycles. The second kappa shape index (κ2) is 5.06. The van der Waals surface area contributed by atoms with Gasteiger partial charge in [-0.3, -0.25) is 0 Å². The Kier molecular flexibility index (Phi) is 3.38. The molecule has 0 aromatic heterocycles. The lowest BCUT2D eigenvalue weighted by molar-refractivity contribution is 0.573. The van der Waals surface area contributed by atoms with Gasteiger partial charge in [-0.25, -0.2) is 8.42 Å². The maximum absolute atomic E-state index is 12.9. The van der Waals surface area contributed by atoms with E-state index in [1.807, 2.05) is 18.2 Å². The zero-order valence-corrected chi connectivity index (χ0v) is 12.1. The second-order valence-electron chi connectivity index (χ2n) is 5.40. The lowest BCUT2D eigenvalue weighted by Gasteiger charge is -2.22. The number of rotatable bonds is 4. The Morgan fingerprint density at radius 3 is 2.65 bits per heavy atom. The van der Waals surface area contributed by atoms with E-state index in [9.17, 15) is 8.42 Å². The molecule has 1 saturated carbocycles. The van der Waals surface area contributed by atoms with Crippen LogP contribution in [-0.2, 0) is 9.84 Å². The van der Waals surface area contributed by atoms with Crippen LogP contribution in [0.15, 0.2) is 71.7 Å². The molecule has 0 N–H and O–H groups in total. The number of hydrogen-bond acceptors (Lipinski definition) is 2. The predicted octanol–water partition coefficient (Wildman–Crippen LogP) is 3.54. The Balaban J connectivity index is 2.04. The fourth-order valence-corrected chi connectivity index (χ4v) is 5.43. The van der Waals surface area contributed by atoms with Gasteiger partial charge in [-0.05, 0) is 42.4 Å². The molecule has 2 aliphatic rings. The maximum Gasteiger partial charge on any atom is 0.185 e. The Hall–Kier alpha value is -1.61. The summed E-state index contributed by atoms with van der Waals surface area (Å²) in [4.78, 5) is 0.426. The smallest absolute Gasteiger partial charge is 0.185 e. The molecular formula is C17H18O2S. The van der Waals surface area contributed by atoms with Crippen molar-refractivity contribution in [2.45, 2.75) is 23.0 Å². The highest BCUT2D eigenvalue weighted by molar-refractivity contribution is 7.92. The van der Waals surface area contributed by atoms with Crippen LogP contribution < -0.4 is 0 Å². The van der Waals surface area contributed by atoms with Gasteiger partial charge in [0, 0.05) is 0 Å². The molecule has 104 valence electrons. The molecule has 3 atom stereocenters. The quantitative estimate of drug-likeness (QED) is 0.793. The van der Waals surface area contributed by atoms with E-state index in [2.05, 4.69) is 18.7 Å².